The molecule has 17 heavy (non-hydrogen) atoms. The molecule has 0 aromatic carbocycles. The first-order valence-electron chi connectivity index (χ1n) is 5.14. The number of pyridine rings is 1. The van der Waals surface area contributed by atoms with Gasteiger partial charge in [0, 0.05) is 11.8 Å². The lowest BCUT2D eigenvalue weighted by atomic mass is 10.1. The third-order valence-electron chi connectivity index (χ3n) is 2.14. The van der Waals surface area contributed by atoms with Gasteiger partial charge in [-0.25, -0.2) is 0 Å². The van der Waals surface area contributed by atoms with Crippen molar-refractivity contribution >= 4 is 17.3 Å². The first-order valence-corrected chi connectivity index (χ1v) is 5.91. The maximum atomic E-state index is 12.1. The molecule has 0 saturated carbocycles. The van der Waals surface area contributed by atoms with E-state index in [4.69, 9.17) is 4.74 Å². The number of aryl methyl sites for hydroxylation is 1. The molecule has 0 aliphatic heterocycles. The molecule has 2 aromatic heterocycles. The molecule has 0 aliphatic rings. The zero-order valence-electron chi connectivity index (χ0n) is 9.51. The molecule has 88 valence electrons. The van der Waals surface area contributed by atoms with Crippen LogP contribution in [0.25, 0.3) is 0 Å². The van der Waals surface area contributed by atoms with E-state index in [1.807, 2.05) is 6.92 Å². The molecule has 2 heterocycles. The molecule has 5 nitrogen and oxygen atoms in total. The summed E-state index contributed by atoms with van der Waals surface area (Å²) in [4.78, 5) is 16.6. The molecule has 6 heteroatoms. The molecular formula is C11H11N3O2S. The highest BCUT2D eigenvalue weighted by Gasteiger charge is 2.16. The van der Waals surface area contributed by atoms with Crippen LogP contribution in [0, 0.1) is 6.92 Å². The predicted octanol–water partition coefficient (Wildman–Crippen LogP) is 1.87. The first kappa shape index (κ1) is 11.7. The molecule has 0 atom stereocenters. The van der Waals surface area contributed by atoms with Crippen LogP contribution in [0.2, 0.25) is 0 Å². The number of hydrogen-bond donors (Lipinski definition) is 0. The van der Waals surface area contributed by atoms with Gasteiger partial charge in [0.25, 0.3) is 0 Å². The van der Waals surface area contributed by atoms with Crippen molar-refractivity contribution in [3.63, 3.8) is 0 Å². The summed E-state index contributed by atoms with van der Waals surface area (Å²) < 4.78 is 9.05. The van der Waals surface area contributed by atoms with E-state index in [1.165, 1.54) is 6.20 Å². The van der Waals surface area contributed by atoms with Gasteiger partial charge in [0.1, 0.15) is 10.6 Å². The van der Waals surface area contributed by atoms with Crippen molar-refractivity contribution in [2.24, 2.45) is 0 Å². The Morgan fingerprint density at radius 2 is 2.29 bits per heavy atom. The zero-order chi connectivity index (χ0) is 12.3. The third-order valence-corrected chi connectivity index (χ3v) is 2.97. The van der Waals surface area contributed by atoms with E-state index in [0.29, 0.717) is 28.5 Å². The Hall–Kier alpha value is -1.82. The van der Waals surface area contributed by atoms with Gasteiger partial charge in [0.2, 0.25) is 5.78 Å². The summed E-state index contributed by atoms with van der Waals surface area (Å²) >= 11 is 1.09. The average Bonchev–Trinajstić information content (AvgIpc) is 2.75. The SMILES string of the molecule is CCOc1cncc(C(=O)c2snnc2C)c1. The fraction of sp³-hybridized carbons (Fsp3) is 0.273. The van der Waals surface area contributed by atoms with Crippen molar-refractivity contribution < 1.29 is 9.53 Å². The number of ether oxygens (including phenoxy) is 1. The lowest BCUT2D eigenvalue weighted by Gasteiger charge is -2.03. The zero-order valence-corrected chi connectivity index (χ0v) is 10.3. The molecule has 2 aromatic rings. The van der Waals surface area contributed by atoms with Gasteiger partial charge in [-0.2, -0.15) is 0 Å². The summed E-state index contributed by atoms with van der Waals surface area (Å²) in [5.41, 5.74) is 1.13. The summed E-state index contributed by atoms with van der Waals surface area (Å²) in [6.07, 6.45) is 3.10. The maximum absolute atomic E-state index is 12.1. The lowest BCUT2D eigenvalue weighted by Crippen LogP contribution is -2.02. The highest BCUT2D eigenvalue weighted by atomic mass is 32.1. The van der Waals surface area contributed by atoms with E-state index in [2.05, 4.69) is 14.6 Å². The molecule has 0 unspecified atom stereocenters. The van der Waals surface area contributed by atoms with Gasteiger partial charge in [0.15, 0.2) is 0 Å². The molecule has 0 spiro atoms. The van der Waals surface area contributed by atoms with Gasteiger partial charge >= 0.3 is 0 Å². The molecule has 2 rings (SSSR count). The fourth-order valence-electron chi connectivity index (χ4n) is 1.36. The van der Waals surface area contributed by atoms with Crippen LogP contribution in [0.3, 0.4) is 0 Å². The van der Waals surface area contributed by atoms with E-state index >= 15 is 0 Å². The Morgan fingerprint density at radius 1 is 1.47 bits per heavy atom. The summed E-state index contributed by atoms with van der Waals surface area (Å²) in [7, 11) is 0. The van der Waals surface area contributed by atoms with E-state index in [1.54, 1.807) is 19.2 Å². The quantitative estimate of drug-likeness (QED) is 0.774. The fourth-order valence-corrected chi connectivity index (χ4v) is 1.98. The lowest BCUT2D eigenvalue weighted by molar-refractivity contribution is 0.104. The minimum atomic E-state index is -0.119. The molecule has 0 amide bonds. The van der Waals surface area contributed by atoms with Gasteiger partial charge in [-0.15, -0.1) is 5.10 Å². The Bertz CT molecular complexity index is 539. The molecule has 0 bridgehead atoms. The average molecular weight is 249 g/mol. The normalized spacial score (nSPS) is 10.2. The number of carbonyl (C=O) groups is 1. The summed E-state index contributed by atoms with van der Waals surface area (Å²) in [6.45, 7) is 4.18. The van der Waals surface area contributed by atoms with Gasteiger partial charge in [0.05, 0.1) is 18.5 Å². The molecule has 0 saturated heterocycles. The number of ketones is 1. The third kappa shape index (κ3) is 2.47. The monoisotopic (exact) mass is 249 g/mol. The van der Waals surface area contributed by atoms with Gasteiger partial charge in [-0.3, -0.25) is 9.78 Å². The van der Waals surface area contributed by atoms with Crippen LogP contribution in [0.1, 0.15) is 27.9 Å². The molecule has 0 N–H and O–H groups in total. The Kier molecular flexibility index (Phi) is 3.43. The first-order chi connectivity index (χ1) is 8.22. The Labute approximate surface area is 103 Å². The summed E-state index contributed by atoms with van der Waals surface area (Å²) in [5, 5.41) is 3.82. The van der Waals surface area contributed by atoms with Gasteiger partial charge < -0.3 is 4.74 Å². The van der Waals surface area contributed by atoms with E-state index < -0.39 is 0 Å². The van der Waals surface area contributed by atoms with E-state index in [0.717, 1.165) is 11.5 Å². The minimum absolute atomic E-state index is 0.119. The van der Waals surface area contributed by atoms with Crippen molar-refractivity contribution in [1.29, 1.82) is 0 Å². The number of nitrogens with zero attached hydrogens (tertiary/aromatic N) is 3. The van der Waals surface area contributed by atoms with Crippen molar-refractivity contribution in [3.05, 3.63) is 34.6 Å². The van der Waals surface area contributed by atoms with E-state index in [9.17, 15) is 4.79 Å². The highest BCUT2D eigenvalue weighted by molar-refractivity contribution is 7.08. The number of hydrogen-bond acceptors (Lipinski definition) is 6. The number of aromatic nitrogens is 3. The van der Waals surface area contributed by atoms with Crippen molar-refractivity contribution in [2.45, 2.75) is 13.8 Å². The Morgan fingerprint density at radius 3 is 2.94 bits per heavy atom. The molecule has 0 fully saturated rings. The predicted molar refractivity (Wildman–Crippen MR) is 63.5 cm³/mol. The van der Waals surface area contributed by atoms with Crippen molar-refractivity contribution in [1.82, 2.24) is 14.6 Å². The van der Waals surface area contributed by atoms with Crippen LogP contribution in [0.5, 0.6) is 5.75 Å². The molecule has 0 aliphatic carbocycles. The smallest absolute Gasteiger partial charge is 0.208 e. The van der Waals surface area contributed by atoms with Gasteiger partial charge in [-0.1, -0.05) is 4.49 Å². The standard InChI is InChI=1S/C11H11N3O2S/c1-3-16-9-4-8(5-12-6-9)10(15)11-7(2)13-14-17-11/h4-6H,3H2,1-2H3. The second-order valence-corrected chi connectivity index (χ2v) is 4.11. The van der Waals surface area contributed by atoms with Crippen LogP contribution in [0.15, 0.2) is 18.5 Å². The van der Waals surface area contributed by atoms with E-state index in [-0.39, 0.29) is 5.78 Å². The van der Waals surface area contributed by atoms with Crippen LogP contribution >= 0.6 is 11.5 Å². The Balaban J connectivity index is 2.31. The van der Waals surface area contributed by atoms with Crippen LogP contribution in [-0.4, -0.2) is 27.0 Å². The molecular weight excluding hydrogens is 238 g/mol. The van der Waals surface area contributed by atoms with Crippen LogP contribution < -0.4 is 4.74 Å². The van der Waals surface area contributed by atoms with Crippen molar-refractivity contribution in [3.8, 4) is 5.75 Å². The summed E-state index contributed by atoms with van der Waals surface area (Å²) in [6, 6.07) is 1.68. The van der Waals surface area contributed by atoms with Crippen LogP contribution in [0.4, 0.5) is 0 Å². The number of carbonyl (C=O) groups excluding carboxylic acids is 1. The largest absolute Gasteiger partial charge is 0.492 e. The minimum Gasteiger partial charge on any atom is -0.492 e. The molecule has 0 radical (unpaired) electrons. The second kappa shape index (κ2) is 5.01. The van der Waals surface area contributed by atoms with Crippen LogP contribution in [-0.2, 0) is 0 Å². The number of rotatable bonds is 4. The second-order valence-electron chi connectivity index (χ2n) is 3.36. The maximum Gasteiger partial charge on any atom is 0.208 e. The topological polar surface area (TPSA) is 65.0 Å². The highest BCUT2D eigenvalue weighted by Crippen LogP contribution is 2.18. The van der Waals surface area contributed by atoms with Gasteiger partial charge in [-0.05, 0) is 31.4 Å². The summed E-state index contributed by atoms with van der Waals surface area (Å²) in [5.74, 6) is 0.472. The van der Waals surface area contributed by atoms with Crippen molar-refractivity contribution in [2.75, 3.05) is 6.61 Å².